The number of piperazine rings is 1. The molecule has 0 saturated carbocycles. The van der Waals surface area contributed by atoms with Crippen molar-refractivity contribution in [3.8, 4) is 0 Å². The smallest absolute Gasteiger partial charge is 0.265 e. The summed E-state index contributed by atoms with van der Waals surface area (Å²) in [4.78, 5) is 55.7. The Labute approximate surface area is 259 Å². The van der Waals surface area contributed by atoms with Gasteiger partial charge in [0.15, 0.2) is 11.6 Å². The third-order valence-electron chi connectivity index (χ3n) is 7.77. The molecule has 0 atom stereocenters. The maximum absolute atomic E-state index is 13.2. The fraction of sp³-hybridized carbons (Fsp3) is 0.176. The fourth-order valence-electron chi connectivity index (χ4n) is 5.18. The van der Waals surface area contributed by atoms with Gasteiger partial charge in [0.1, 0.15) is 0 Å². The molecule has 2 aliphatic rings. The van der Waals surface area contributed by atoms with Crippen LogP contribution in [0.1, 0.15) is 47.8 Å². The summed E-state index contributed by atoms with van der Waals surface area (Å²) in [5.41, 5.74) is 5.24. The minimum Gasteiger partial charge on any atom is -0.369 e. The minimum absolute atomic E-state index is 0.0885. The van der Waals surface area contributed by atoms with Crippen molar-refractivity contribution < 1.29 is 19.2 Å². The quantitative estimate of drug-likeness (QED) is 0.177. The van der Waals surface area contributed by atoms with Gasteiger partial charge in [0.2, 0.25) is 0 Å². The molecule has 2 aliphatic heterocycles. The van der Waals surface area contributed by atoms with E-state index < -0.39 is 0 Å². The number of benzene rings is 3. The predicted molar refractivity (Wildman–Crippen MR) is 175 cm³/mol. The van der Waals surface area contributed by atoms with Crippen LogP contribution in [0.15, 0.2) is 85.1 Å². The van der Waals surface area contributed by atoms with Gasteiger partial charge < -0.3 is 25.8 Å². The van der Waals surface area contributed by atoms with Crippen LogP contribution >= 0.6 is 11.3 Å². The van der Waals surface area contributed by atoms with Crippen LogP contribution in [0, 0.1) is 0 Å². The average Bonchev–Trinajstić information content (AvgIpc) is 3.65. The summed E-state index contributed by atoms with van der Waals surface area (Å²) >= 11 is 1.13. The van der Waals surface area contributed by atoms with Crippen LogP contribution in [0.4, 0.5) is 22.7 Å². The molecule has 0 bridgehead atoms. The molecule has 1 fully saturated rings. The van der Waals surface area contributed by atoms with Gasteiger partial charge >= 0.3 is 0 Å². The van der Waals surface area contributed by atoms with Gasteiger partial charge in [-0.05, 0) is 80.7 Å². The number of rotatable bonds is 8. The largest absolute Gasteiger partial charge is 0.369 e. The highest BCUT2D eigenvalue weighted by Crippen LogP contribution is 2.33. The number of anilines is 4. The monoisotopic (exact) mass is 605 g/mol. The second-order valence-corrected chi connectivity index (χ2v) is 11.9. The lowest BCUT2D eigenvalue weighted by molar-refractivity contribution is -0.110. The first-order chi connectivity index (χ1) is 21.2. The average molecular weight is 606 g/mol. The molecule has 3 aromatic carbocycles. The van der Waals surface area contributed by atoms with E-state index in [1.54, 1.807) is 60.8 Å². The van der Waals surface area contributed by atoms with Gasteiger partial charge in [-0.3, -0.25) is 19.2 Å². The van der Waals surface area contributed by atoms with Crippen LogP contribution in [0.25, 0.3) is 5.57 Å². The number of thiophene rings is 1. The fourth-order valence-corrected chi connectivity index (χ4v) is 5.98. The van der Waals surface area contributed by atoms with Gasteiger partial charge in [-0.25, -0.2) is 0 Å². The van der Waals surface area contributed by atoms with Gasteiger partial charge in [0.25, 0.3) is 11.8 Å². The summed E-state index contributed by atoms with van der Waals surface area (Å²) in [5.74, 6) is -0.862. The van der Waals surface area contributed by atoms with Crippen LogP contribution in [0.3, 0.4) is 0 Å². The first-order valence-corrected chi connectivity index (χ1v) is 15.1. The topological polar surface area (TPSA) is 111 Å². The molecular weight excluding hydrogens is 574 g/mol. The molecule has 2 amide bonds. The van der Waals surface area contributed by atoms with E-state index in [-0.39, 0.29) is 23.4 Å². The molecule has 6 rings (SSSR count). The molecule has 4 aromatic rings. The number of ketones is 2. The van der Waals surface area contributed by atoms with Crippen LogP contribution in [-0.4, -0.2) is 61.5 Å². The Bertz CT molecular complexity index is 1790. The summed E-state index contributed by atoms with van der Waals surface area (Å²) < 4.78 is 0. The van der Waals surface area contributed by atoms with Crippen molar-refractivity contribution in [2.24, 2.45) is 0 Å². The zero-order chi connectivity index (χ0) is 30.8. The molecular formula is C34H31N5O4S. The zero-order valence-electron chi connectivity index (χ0n) is 24.3. The summed E-state index contributed by atoms with van der Waals surface area (Å²) in [6.07, 6.45) is 1.69. The Morgan fingerprint density at radius 2 is 1.48 bits per heavy atom. The lowest BCUT2D eigenvalue weighted by Crippen LogP contribution is -2.44. The maximum atomic E-state index is 13.2. The predicted octanol–water partition coefficient (Wildman–Crippen LogP) is 5.59. The van der Waals surface area contributed by atoms with Crippen LogP contribution in [0.5, 0.6) is 0 Å². The van der Waals surface area contributed by atoms with E-state index in [2.05, 4.69) is 44.9 Å². The van der Waals surface area contributed by atoms with E-state index in [0.717, 1.165) is 43.2 Å². The molecule has 0 spiro atoms. The first-order valence-electron chi connectivity index (χ1n) is 14.3. The maximum Gasteiger partial charge on any atom is 0.265 e. The van der Waals surface area contributed by atoms with E-state index in [1.165, 1.54) is 12.6 Å². The van der Waals surface area contributed by atoms with Crippen molar-refractivity contribution in [2.75, 3.05) is 54.1 Å². The molecule has 9 nitrogen and oxygen atoms in total. The highest BCUT2D eigenvalue weighted by molar-refractivity contribution is 7.16. The Morgan fingerprint density at radius 3 is 2.16 bits per heavy atom. The van der Waals surface area contributed by atoms with Crippen molar-refractivity contribution >= 4 is 63.0 Å². The summed E-state index contributed by atoms with van der Waals surface area (Å²) in [7, 11) is 2.14. The second kappa shape index (κ2) is 12.3. The molecule has 44 heavy (non-hydrogen) atoms. The Kier molecular flexibility index (Phi) is 8.10. The number of hydrogen-bond donors (Lipinski definition) is 3. The van der Waals surface area contributed by atoms with E-state index in [1.807, 2.05) is 12.1 Å². The number of hydrogen-bond acceptors (Lipinski definition) is 8. The highest BCUT2D eigenvalue weighted by atomic mass is 32.1. The normalized spacial score (nSPS) is 15.5. The number of carbonyl (C=O) groups excluding carboxylic acids is 4. The third-order valence-corrected chi connectivity index (χ3v) is 8.95. The van der Waals surface area contributed by atoms with Crippen molar-refractivity contribution in [1.82, 2.24) is 4.90 Å². The molecule has 3 heterocycles. The van der Waals surface area contributed by atoms with Gasteiger partial charge in [-0.15, -0.1) is 11.3 Å². The summed E-state index contributed by atoms with van der Waals surface area (Å²) in [6, 6.07) is 23.2. The van der Waals surface area contributed by atoms with Crippen molar-refractivity contribution in [3.05, 3.63) is 112 Å². The number of fused-ring (bicyclic) bond motifs is 1. The van der Waals surface area contributed by atoms with E-state index in [4.69, 9.17) is 0 Å². The van der Waals surface area contributed by atoms with Gasteiger partial charge in [-0.2, -0.15) is 0 Å². The molecule has 0 unspecified atom stereocenters. The second-order valence-electron chi connectivity index (χ2n) is 10.8. The van der Waals surface area contributed by atoms with Crippen LogP contribution in [-0.2, 0) is 4.79 Å². The lowest BCUT2D eigenvalue weighted by Gasteiger charge is -2.34. The number of likely N-dealkylation sites (N-methyl/N-ethyl adjacent to an activating group) is 1. The standard InChI is InChI=1S/C34H31N5O4S/c1-21(40)30-13-14-31(44-30)34(43)36-25-6-3-22(4-7-25)32(41)23-5-12-27-28(33(42)37-29(27)19-23)20-35-24-8-10-26(11-9-24)39-17-15-38(2)16-18-39/h3-14,19-20,35H,15-18H2,1-2H3,(H,36,43)(H,37,42). The molecule has 1 saturated heterocycles. The summed E-state index contributed by atoms with van der Waals surface area (Å²) in [6.45, 7) is 5.54. The number of nitrogens with one attached hydrogen (secondary N) is 3. The SMILES string of the molecule is CC(=O)c1ccc(C(=O)Nc2ccc(C(=O)c3ccc4c(c3)NC(=O)C4=CNc3ccc(N4CCN(C)CC4)cc3)cc2)s1. The van der Waals surface area contributed by atoms with E-state index in [0.29, 0.717) is 43.4 Å². The highest BCUT2D eigenvalue weighted by Gasteiger charge is 2.25. The van der Waals surface area contributed by atoms with Gasteiger partial charge in [0, 0.05) is 71.8 Å². The zero-order valence-corrected chi connectivity index (χ0v) is 25.2. The summed E-state index contributed by atoms with van der Waals surface area (Å²) in [5, 5.41) is 8.88. The van der Waals surface area contributed by atoms with Gasteiger partial charge in [-0.1, -0.05) is 12.1 Å². The molecule has 222 valence electrons. The number of carbonyl (C=O) groups is 4. The first kappa shape index (κ1) is 29.0. The van der Waals surface area contributed by atoms with Crippen molar-refractivity contribution in [3.63, 3.8) is 0 Å². The molecule has 3 N–H and O–H groups in total. The van der Waals surface area contributed by atoms with Crippen molar-refractivity contribution in [1.29, 1.82) is 0 Å². The molecule has 10 heteroatoms. The lowest BCUT2D eigenvalue weighted by atomic mass is 9.99. The third kappa shape index (κ3) is 6.17. The molecule has 1 aromatic heterocycles. The van der Waals surface area contributed by atoms with E-state index in [9.17, 15) is 19.2 Å². The van der Waals surface area contributed by atoms with E-state index >= 15 is 0 Å². The molecule has 0 aliphatic carbocycles. The minimum atomic E-state index is -0.322. The van der Waals surface area contributed by atoms with Crippen LogP contribution < -0.4 is 20.9 Å². The number of nitrogens with zero attached hydrogens (tertiary/aromatic N) is 2. The van der Waals surface area contributed by atoms with Crippen LogP contribution in [0.2, 0.25) is 0 Å². The van der Waals surface area contributed by atoms with Crippen molar-refractivity contribution in [2.45, 2.75) is 6.92 Å². The number of amides is 2. The number of Topliss-reactive ketones (excluding diaryl/α,β-unsaturated/α-hetero) is 1. The Balaban J connectivity index is 1.10. The Hall–Kier alpha value is -5.06. The van der Waals surface area contributed by atoms with Gasteiger partial charge in [0.05, 0.1) is 15.3 Å². The Morgan fingerprint density at radius 1 is 0.818 bits per heavy atom. The molecule has 0 radical (unpaired) electrons.